The van der Waals surface area contributed by atoms with Crippen molar-refractivity contribution in [3.8, 4) is 5.75 Å². The van der Waals surface area contributed by atoms with Gasteiger partial charge in [-0.3, -0.25) is 9.59 Å². The third kappa shape index (κ3) is 4.99. The highest BCUT2D eigenvalue weighted by Gasteiger charge is 2.35. The van der Waals surface area contributed by atoms with Crippen LogP contribution < -0.4 is 4.74 Å². The second kappa shape index (κ2) is 9.97. The Balaban J connectivity index is 1.35. The maximum Gasteiger partial charge on any atom is 0.257 e. The van der Waals surface area contributed by atoms with Crippen LogP contribution in [0.2, 0.25) is 0 Å². The Bertz CT molecular complexity index is 1160. The zero-order valence-corrected chi connectivity index (χ0v) is 19.7. The molecule has 1 saturated carbocycles. The van der Waals surface area contributed by atoms with E-state index in [0.29, 0.717) is 25.6 Å². The number of hydrogen-bond donors (Lipinski definition) is 0. The molecule has 5 rings (SSSR count). The Labute approximate surface area is 202 Å². The minimum absolute atomic E-state index is 0.0127. The lowest BCUT2D eigenvalue weighted by atomic mass is 10.0. The first-order chi connectivity index (χ1) is 16.6. The molecule has 5 nitrogen and oxygen atoms in total. The number of hydrogen-bond acceptors (Lipinski definition) is 4. The first-order valence-electron chi connectivity index (χ1n) is 11.7. The molecule has 3 aromatic rings. The Hall–Kier alpha value is -3.19. The summed E-state index contributed by atoms with van der Waals surface area (Å²) in [7, 11) is 0. The van der Waals surface area contributed by atoms with Gasteiger partial charge in [-0.2, -0.15) is 0 Å². The second-order valence-corrected chi connectivity index (χ2v) is 9.89. The highest BCUT2D eigenvalue weighted by atomic mass is 32.1. The van der Waals surface area contributed by atoms with Gasteiger partial charge in [0.2, 0.25) is 5.91 Å². The molecule has 1 aromatic heterocycles. The molecule has 1 aliphatic heterocycles. The standard InChI is InChI=1S/C27H27FN2O3S/c28-23-9-5-4-8-21(23)27(32)29(16-19-10-11-19)17-26(31)30-14-12-25-22(13-15-34-25)24(30)18-33-20-6-2-1-3-7-20/h1-9,13,15,19,24H,10-12,14,16-18H2. The molecule has 0 saturated heterocycles. The number of fused-ring (bicyclic) bond motifs is 1. The molecule has 0 bridgehead atoms. The van der Waals surface area contributed by atoms with Crippen molar-refractivity contribution in [2.45, 2.75) is 25.3 Å². The molecule has 2 heterocycles. The summed E-state index contributed by atoms with van der Waals surface area (Å²) in [5.74, 6) is 0.0104. The summed E-state index contributed by atoms with van der Waals surface area (Å²) in [5, 5.41) is 2.05. The Morgan fingerprint density at radius 2 is 1.82 bits per heavy atom. The molecule has 2 amide bonds. The van der Waals surface area contributed by atoms with E-state index in [4.69, 9.17) is 4.74 Å². The van der Waals surface area contributed by atoms with Crippen LogP contribution in [-0.4, -0.2) is 47.9 Å². The van der Waals surface area contributed by atoms with Crippen molar-refractivity contribution < 1.29 is 18.7 Å². The van der Waals surface area contributed by atoms with Gasteiger partial charge in [0, 0.05) is 18.0 Å². The smallest absolute Gasteiger partial charge is 0.257 e. The van der Waals surface area contributed by atoms with Crippen molar-refractivity contribution in [3.05, 3.63) is 87.9 Å². The second-order valence-electron chi connectivity index (χ2n) is 8.89. The predicted octanol–water partition coefficient (Wildman–Crippen LogP) is 4.94. The average molecular weight is 479 g/mol. The van der Waals surface area contributed by atoms with Gasteiger partial charge in [-0.1, -0.05) is 30.3 Å². The summed E-state index contributed by atoms with van der Waals surface area (Å²) in [5.41, 5.74) is 1.12. The van der Waals surface area contributed by atoms with Crippen LogP contribution in [0.15, 0.2) is 66.0 Å². The molecule has 7 heteroatoms. The molecular weight excluding hydrogens is 451 g/mol. The highest BCUT2D eigenvalue weighted by molar-refractivity contribution is 7.10. The van der Waals surface area contributed by atoms with E-state index < -0.39 is 11.7 Å². The maximum atomic E-state index is 14.3. The Morgan fingerprint density at radius 1 is 1.06 bits per heavy atom. The number of ether oxygens (including phenoxy) is 1. The molecular formula is C27H27FN2O3S. The van der Waals surface area contributed by atoms with E-state index in [-0.39, 0.29) is 24.1 Å². The van der Waals surface area contributed by atoms with Crippen LogP contribution in [0.1, 0.15) is 39.7 Å². The van der Waals surface area contributed by atoms with E-state index in [0.717, 1.165) is 30.6 Å². The summed E-state index contributed by atoms with van der Waals surface area (Å²) < 4.78 is 20.4. The zero-order valence-electron chi connectivity index (χ0n) is 18.9. The minimum atomic E-state index is -0.559. The van der Waals surface area contributed by atoms with E-state index in [9.17, 15) is 14.0 Å². The number of rotatable bonds is 8. The molecule has 1 unspecified atom stereocenters. The van der Waals surface area contributed by atoms with E-state index >= 15 is 0 Å². The van der Waals surface area contributed by atoms with Gasteiger partial charge >= 0.3 is 0 Å². The molecule has 0 N–H and O–H groups in total. The number of carbonyl (C=O) groups excluding carboxylic acids is 2. The number of halogens is 1. The summed E-state index contributed by atoms with van der Waals surface area (Å²) >= 11 is 1.70. The summed E-state index contributed by atoms with van der Waals surface area (Å²) in [6.07, 6.45) is 2.85. The monoisotopic (exact) mass is 478 g/mol. The third-order valence-electron chi connectivity index (χ3n) is 6.46. The van der Waals surface area contributed by atoms with E-state index in [1.807, 2.05) is 35.2 Å². The largest absolute Gasteiger partial charge is 0.491 e. The van der Waals surface area contributed by atoms with E-state index in [1.165, 1.54) is 21.9 Å². The predicted molar refractivity (Wildman–Crippen MR) is 129 cm³/mol. The van der Waals surface area contributed by atoms with Gasteiger partial charge in [0.15, 0.2) is 0 Å². The van der Waals surface area contributed by atoms with E-state index in [1.54, 1.807) is 23.5 Å². The van der Waals surface area contributed by atoms with Crippen molar-refractivity contribution in [2.75, 3.05) is 26.2 Å². The third-order valence-corrected chi connectivity index (χ3v) is 7.46. The quantitative estimate of drug-likeness (QED) is 0.461. The van der Waals surface area contributed by atoms with Crippen molar-refractivity contribution >= 4 is 23.2 Å². The fourth-order valence-electron chi connectivity index (χ4n) is 4.46. The Kier molecular flexibility index (Phi) is 6.63. The van der Waals surface area contributed by atoms with Crippen molar-refractivity contribution in [2.24, 2.45) is 5.92 Å². The average Bonchev–Trinajstić information content (AvgIpc) is 3.54. The molecule has 1 atom stereocenters. The first kappa shape index (κ1) is 22.6. The van der Waals surface area contributed by atoms with Gasteiger partial charge in [-0.05, 0) is 66.5 Å². The molecule has 34 heavy (non-hydrogen) atoms. The molecule has 0 radical (unpaired) electrons. The number of thiophene rings is 1. The van der Waals surface area contributed by atoms with Gasteiger partial charge in [-0.25, -0.2) is 4.39 Å². The molecule has 1 fully saturated rings. The molecule has 2 aromatic carbocycles. The summed E-state index contributed by atoms with van der Waals surface area (Å²) in [6.45, 7) is 1.32. The van der Waals surface area contributed by atoms with Crippen molar-refractivity contribution in [3.63, 3.8) is 0 Å². The molecule has 176 valence electrons. The number of carbonyl (C=O) groups is 2. The van der Waals surface area contributed by atoms with Gasteiger partial charge in [-0.15, -0.1) is 11.3 Å². The van der Waals surface area contributed by atoms with Crippen LogP contribution >= 0.6 is 11.3 Å². The number of para-hydroxylation sites is 1. The fourth-order valence-corrected chi connectivity index (χ4v) is 5.39. The van der Waals surface area contributed by atoms with Crippen molar-refractivity contribution in [1.82, 2.24) is 9.80 Å². The molecule has 1 aliphatic carbocycles. The summed E-state index contributed by atoms with van der Waals surface area (Å²) in [4.78, 5) is 31.4. The fraction of sp³-hybridized carbons (Fsp3) is 0.333. The first-order valence-corrected chi connectivity index (χ1v) is 12.6. The van der Waals surface area contributed by atoms with Crippen LogP contribution in [0.25, 0.3) is 0 Å². The van der Waals surface area contributed by atoms with E-state index in [2.05, 4.69) is 11.4 Å². The Morgan fingerprint density at radius 3 is 2.59 bits per heavy atom. The lowest BCUT2D eigenvalue weighted by molar-refractivity contribution is -0.135. The van der Waals surface area contributed by atoms with Gasteiger partial charge in [0.1, 0.15) is 24.7 Å². The van der Waals surface area contributed by atoms with Crippen molar-refractivity contribution in [1.29, 1.82) is 0 Å². The molecule has 0 spiro atoms. The lowest BCUT2D eigenvalue weighted by Crippen LogP contribution is -2.48. The lowest BCUT2D eigenvalue weighted by Gasteiger charge is -2.37. The van der Waals surface area contributed by atoms with Gasteiger partial charge in [0.25, 0.3) is 5.91 Å². The van der Waals surface area contributed by atoms with Crippen LogP contribution in [0.5, 0.6) is 5.75 Å². The maximum absolute atomic E-state index is 14.3. The number of benzene rings is 2. The number of nitrogens with zero attached hydrogens (tertiary/aromatic N) is 2. The summed E-state index contributed by atoms with van der Waals surface area (Å²) in [6, 6.07) is 17.4. The number of amides is 2. The zero-order chi connectivity index (χ0) is 23.5. The SMILES string of the molecule is O=C(c1ccccc1F)N(CC(=O)N1CCc2sccc2C1COc1ccccc1)CC1CC1. The van der Waals surface area contributed by atoms with Crippen LogP contribution in [0, 0.1) is 11.7 Å². The van der Waals surface area contributed by atoms with Crippen LogP contribution in [0.4, 0.5) is 4.39 Å². The van der Waals surface area contributed by atoms with Crippen LogP contribution in [0.3, 0.4) is 0 Å². The minimum Gasteiger partial charge on any atom is -0.491 e. The normalized spacial score (nSPS) is 17.2. The van der Waals surface area contributed by atoms with Crippen LogP contribution in [-0.2, 0) is 11.2 Å². The van der Waals surface area contributed by atoms with Gasteiger partial charge in [0.05, 0.1) is 11.6 Å². The highest BCUT2D eigenvalue weighted by Crippen LogP contribution is 2.35. The molecule has 2 aliphatic rings. The topological polar surface area (TPSA) is 49.9 Å². The van der Waals surface area contributed by atoms with Gasteiger partial charge < -0.3 is 14.5 Å².